The molecule has 1 fully saturated rings. The Morgan fingerprint density at radius 3 is 2.50 bits per heavy atom. The van der Waals surface area contributed by atoms with E-state index >= 15 is 0 Å². The van der Waals surface area contributed by atoms with Gasteiger partial charge >= 0.3 is 5.97 Å². The summed E-state index contributed by atoms with van der Waals surface area (Å²) in [6.45, 7) is 4.13. The topological polar surface area (TPSA) is 57.5 Å². The minimum atomic E-state index is -0.863. The third-order valence-corrected chi connectivity index (χ3v) is 2.68. The molecule has 70 valence electrons. The Morgan fingerprint density at radius 2 is 2.08 bits per heavy atom. The summed E-state index contributed by atoms with van der Waals surface area (Å²) >= 11 is 0. The molecule has 0 aromatic heterocycles. The Bertz CT molecular complexity index is 186. The molecule has 0 heterocycles. The highest BCUT2D eigenvalue weighted by molar-refractivity contribution is 5.70. The van der Waals surface area contributed by atoms with Gasteiger partial charge in [-0.25, -0.2) is 0 Å². The maximum absolute atomic E-state index is 10.6. The summed E-state index contributed by atoms with van der Waals surface area (Å²) in [5, 5.41) is 18.2. The first-order valence-electron chi connectivity index (χ1n) is 4.33. The number of aliphatic hydroxyl groups is 1. The van der Waals surface area contributed by atoms with Crippen molar-refractivity contribution in [3.8, 4) is 0 Å². The van der Waals surface area contributed by atoms with E-state index in [1.807, 2.05) is 0 Å². The first-order chi connectivity index (χ1) is 5.42. The zero-order valence-corrected chi connectivity index (χ0v) is 7.58. The van der Waals surface area contributed by atoms with Gasteiger partial charge in [-0.3, -0.25) is 4.79 Å². The van der Waals surface area contributed by atoms with E-state index in [0.29, 0.717) is 12.8 Å². The second-order valence-corrected chi connectivity index (χ2v) is 4.42. The van der Waals surface area contributed by atoms with Crippen LogP contribution in [-0.2, 0) is 4.79 Å². The van der Waals surface area contributed by atoms with E-state index in [-0.39, 0.29) is 5.41 Å². The van der Waals surface area contributed by atoms with E-state index in [2.05, 4.69) is 13.8 Å². The molecule has 1 aliphatic rings. The molecule has 1 saturated carbocycles. The summed E-state index contributed by atoms with van der Waals surface area (Å²) in [6.07, 6.45) is 1.43. The number of carboxylic acids is 1. The standard InChI is InChI=1S/C9H16O3/c1-9(2)4-3-6(8(11)12)7(10)5-9/h6-7,10H,3-5H2,1-2H3,(H,11,12). The van der Waals surface area contributed by atoms with E-state index < -0.39 is 18.0 Å². The molecule has 3 heteroatoms. The molecule has 2 atom stereocenters. The Hall–Kier alpha value is -0.570. The largest absolute Gasteiger partial charge is 0.481 e. The van der Waals surface area contributed by atoms with Crippen LogP contribution in [0, 0.1) is 11.3 Å². The van der Waals surface area contributed by atoms with E-state index in [1.165, 1.54) is 0 Å². The molecule has 3 nitrogen and oxygen atoms in total. The van der Waals surface area contributed by atoms with Crippen molar-refractivity contribution in [1.29, 1.82) is 0 Å². The highest BCUT2D eigenvalue weighted by Crippen LogP contribution is 2.38. The Kier molecular flexibility index (Phi) is 2.42. The summed E-state index contributed by atoms with van der Waals surface area (Å²) < 4.78 is 0. The molecular formula is C9H16O3. The summed E-state index contributed by atoms with van der Waals surface area (Å²) in [6, 6.07) is 0. The van der Waals surface area contributed by atoms with Gasteiger partial charge in [0, 0.05) is 0 Å². The average molecular weight is 172 g/mol. The van der Waals surface area contributed by atoms with Gasteiger partial charge in [0.05, 0.1) is 12.0 Å². The molecule has 0 aromatic rings. The van der Waals surface area contributed by atoms with Crippen LogP contribution < -0.4 is 0 Å². The lowest BCUT2D eigenvalue weighted by atomic mass is 9.71. The van der Waals surface area contributed by atoms with Crippen LogP contribution in [0.15, 0.2) is 0 Å². The zero-order valence-electron chi connectivity index (χ0n) is 7.58. The first kappa shape index (κ1) is 9.52. The molecule has 0 saturated heterocycles. The van der Waals surface area contributed by atoms with Gasteiger partial charge < -0.3 is 10.2 Å². The minimum Gasteiger partial charge on any atom is -0.481 e. The normalized spacial score (nSPS) is 34.6. The maximum atomic E-state index is 10.6. The molecule has 0 amide bonds. The molecule has 1 rings (SSSR count). The third kappa shape index (κ3) is 1.97. The molecule has 0 aliphatic heterocycles. The SMILES string of the molecule is CC1(C)CCC(C(=O)O)C(O)C1. The quantitative estimate of drug-likeness (QED) is 0.626. The second-order valence-electron chi connectivity index (χ2n) is 4.42. The fourth-order valence-electron chi connectivity index (χ4n) is 1.84. The van der Waals surface area contributed by atoms with E-state index in [0.717, 1.165) is 6.42 Å². The zero-order chi connectivity index (χ0) is 9.35. The lowest BCUT2D eigenvalue weighted by Crippen LogP contribution is -2.37. The van der Waals surface area contributed by atoms with Crippen molar-refractivity contribution in [2.24, 2.45) is 11.3 Å². The van der Waals surface area contributed by atoms with Crippen LogP contribution >= 0.6 is 0 Å². The number of carboxylic acid groups (broad SMARTS) is 1. The van der Waals surface area contributed by atoms with Crippen molar-refractivity contribution < 1.29 is 15.0 Å². The van der Waals surface area contributed by atoms with Gasteiger partial charge in [-0.1, -0.05) is 13.8 Å². The second kappa shape index (κ2) is 3.05. The van der Waals surface area contributed by atoms with Crippen LogP contribution in [0.25, 0.3) is 0 Å². The van der Waals surface area contributed by atoms with Crippen molar-refractivity contribution >= 4 is 5.97 Å². The van der Waals surface area contributed by atoms with Crippen LogP contribution in [0.1, 0.15) is 33.1 Å². The number of carbonyl (C=O) groups is 1. The maximum Gasteiger partial charge on any atom is 0.309 e. The Morgan fingerprint density at radius 1 is 1.50 bits per heavy atom. The Labute approximate surface area is 72.4 Å². The number of hydrogen-bond acceptors (Lipinski definition) is 2. The van der Waals surface area contributed by atoms with Crippen molar-refractivity contribution in [2.75, 3.05) is 0 Å². The van der Waals surface area contributed by atoms with Crippen molar-refractivity contribution in [1.82, 2.24) is 0 Å². The highest BCUT2D eigenvalue weighted by atomic mass is 16.4. The van der Waals surface area contributed by atoms with Gasteiger partial charge in [0.25, 0.3) is 0 Å². The van der Waals surface area contributed by atoms with Gasteiger partial charge in [-0.15, -0.1) is 0 Å². The van der Waals surface area contributed by atoms with E-state index in [4.69, 9.17) is 5.11 Å². The van der Waals surface area contributed by atoms with Crippen molar-refractivity contribution in [2.45, 2.75) is 39.2 Å². The molecule has 0 aromatic carbocycles. The summed E-state index contributed by atoms with van der Waals surface area (Å²) in [5.41, 5.74) is 0.103. The number of aliphatic hydroxyl groups excluding tert-OH is 1. The smallest absolute Gasteiger partial charge is 0.309 e. The van der Waals surface area contributed by atoms with Crippen LogP contribution in [0.4, 0.5) is 0 Å². The van der Waals surface area contributed by atoms with Crippen LogP contribution in [0.2, 0.25) is 0 Å². The van der Waals surface area contributed by atoms with Crippen molar-refractivity contribution in [3.63, 3.8) is 0 Å². The fourth-order valence-corrected chi connectivity index (χ4v) is 1.84. The summed E-state index contributed by atoms with van der Waals surface area (Å²) in [4.78, 5) is 10.6. The predicted molar refractivity (Wildman–Crippen MR) is 44.8 cm³/mol. The number of aliphatic carboxylic acids is 1. The molecular weight excluding hydrogens is 156 g/mol. The van der Waals surface area contributed by atoms with Gasteiger partial charge in [0.2, 0.25) is 0 Å². The molecule has 0 bridgehead atoms. The van der Waals surface area contributed by atoms with Gasteiger partial charge in [-0.05, 0) is 24.7 Å². The predicted octanol–water partition coefficient (Wildman–Crippen LogP) is 1.26. The fraction of sp³-hybridized carbons (Fsp3) is 0.889. The minimum absolute atomic E-state index is 0.103. The average Bonchev–Trinajstić information content (AvgIpc) is 1.83. The molecule has 2 unspecified atom stereocenters. The number of hydrogen-bond donors (Lipinski definition) is 2. The molecule has 0 spiro atoms. The Balaban J connectivity index is 2.60. The number of rotatable bonds is 1. The summed E-state index contributed by atoms with van der Waals surface area (Å²) in [5.74, 6) is -1.41. The first-order valence-corrected chi connectivity index (χ1v) is 4.33. The molecule has 0 radical (unpaired) electrons. The molecule has 2 N–H and O–H groups in total. The van der Waals surface area contributed by atoms with E-state index in [9.17, 15) is 9.90 Å². The van der Waals surface area contributed by atoms with Crippen LogP contribution in [-0.4, -0.2) is 22.3 Å². The lowest BCUT2D eigenvalue weighted by molar-refractivity contribution is -0.149. The molecule has 1 aliphatic carbocycles. The van der Waals surface area contributed by atoms with Crippen molar-refractivity contribution in [3.05, 3.63) is 0 Å². The monoisotopic (exact) mass is 172 g/mol. The highest BCUT2D eigenvalue weighted by Gasteiger charge is 2.37. The lowest BCUT2D eigenvalue weighted by Gasteiger charge is -2.36. The van der Waals surface area contributed by atoms with Gasteiger partial charge in [0.15, 0.2) is 0 Å². The van der Waals surface area contributed by atoms with Crippen LogP contribution in [0.3, 0.4) is 0 Å². The third-order valence-electron chi connectivity index (χ3n) is 2.68. The van der Waals surface area contributed by atoms with Gasteiger partial charge in [0.1, 0.15) is 0 Å². The van der Waals surface area contributed by atoms with E-state index in [1.54, 1.807) is 0 Å². The summed E-state index contributed by atoms with van der Waals surface area (Å²) in [7, 11) is 0. The van der Waals surface area contributed by atoms with Crippen LogP contribution in [0.5, 0.6) is 0 Å². The van der Waals surface area contributed by atoms with Gasteiger partial charge in [-0.2, -0.15) is 0 Å². The molecule has 12 heavy (non-hydrogen) atoms.